The van der Waals surface area contributed by atoms with E-state index in [0.29, 0.717) is 6.07 Å². The summed E-state index contributed by atoms with van der Waals surface area (Å²) in [5, 5.41) is 9.99. The fraction of sp³-hybridized carbons (Fsp3) is 0.200. The Morgan fingerprint density at radius 1 is 1.05 bits per heavy atom. The highest BCUT2D eigenvalue weighted by Crippen LogP contribution is 2.23. The predicted molar refractivity (Wildman–Crippen MR) is 69.4 cm³/mol. The molecule has 5 heteroatoms. The van der Waals surface area contributed by atoms with Crippen molar-refractivity contribution in [1.29, 1.82) is 0 Å². The molecule has 0 amide bonds. The van der Waals surface area contributed by atoms with E-state index < -0.39 is 29.6 Å². The molecule has 0 unspecified atom stereocenters. The summed E-state index contributed by atoms with van der Waals surface area (Å²) in [7, 11) is 0. The number of benzene rings is 2. The highest BCUT2D eigenvalue weighted by Gasteiger charge is 2.23. The largest absolute Gasteiger partial charge is 0.391 e. The van der Waals surface area contributed by atoms with Gasteiger partial charge in [-0.25, -0.2) is 13.2 Å². The number of halogens is 3. The maximum atomic E-state index is 13.6. The molecule has 0 fully saturated rings. The summed E-state index contributed by atoms with van der Waals surface area (Å²) < 4.78 is 39.9. The third-order valence-electron chi connectivity index (χ3n) is 3.08. The van der Waals surface area contributed by atoms with Crippen LogP contribution in [0.15, 0.2) is 42.5 Å². The molecule has 2 aromatic carbocycles. The Balaban J connectivity index is 2.21. The van der Waals surface area contributed by atoms with Gasteiger partial charge in [-0.05, 0) is 11.6 Å². The minimum Gasteiger partial charge on any atom is -0.391 e. The number of aliphatic hydroxyl groups excluding tert-OH is 1. The second-order valence-corrected chi connectivity index (χ2v) is 4.57. The van der Waals surface area contributed by atoms with E-state index in [2.05, 4.69) is 0 Å². The third kappa shape index (κ3) is 3.18. The standard InChI is InChI=1S/C15H14F3NO/c16-10-7-11(14(18)12(17)8-10)15(19)13(20)6-9-4-2-1-3-5-9/h1-5,7-8,13,15,20H,6,19H2/t13-,15+/m1/s1. The molecule has 106 valence electrons. The second kappa shape index (κ2) is 6.07. The molecule has 0 spiro atoms. The SMILES string of the molecule is N[C@@H](c1cc(F)cc(F)c1F)[C@H](O)Cc1ccccc1. The van der Waals surface area contributed by atoms with Crippen LogP contribution in [-0.2, 0) is 6.42 Å². The first-order valence-corrected chi connectivity index (χ1v) is 6.11. The van der Waals surface area contributed by atoms with Crippen LogP contribution in [0.1, 0.15) is 17.2 Å². The number of hydrogen-bond donors (Lipinski definition) is 2. The number of nitrogens with two attached hydrogens (primary N) is 1. The van der Waals surface area contributed by atoms with Gasteiger partial charge < -0.3 is 10.8 Å². The summed E-state index contributed by atoms with van der Waals surface area (Å²) in [6.45, 7) is 0. The fourth-order valence-electron chi connectivity index (χ4n) is 2.01. The lowest BCUT2D eigenvalue weighted by atomic mass is 9.96. The molecule has 2 atom stereocenters. The Hall–Kier alpha value is -1.85. The van der Waals surface area contributed by atoms with E-state index in [-0.39, 0.29) is 12.0 Å². The van der Waals surface area contributed by atoms with Gasteiger partial charge in [0, 0.05) is 18.1 Å². The lowest BCUT2D eigenvalue weighted by Gasteiger charge is -2.20. The molecule has 0 saturated carbocycles. The number of aliphatic hydroxyl groups is 1. The monoisotopic (exact) mass is 281 g/mol. The number of rotatable bonds is 4. The van der Waals surface area contributed by atoms with Gasteiger partial charge >= 0.3 is 0 Å². The van der Waals surface area contributed by atoms with E-state index in [1.165, 1.54) is 0 Å². The molecular formula is C15H14F3NO. The van der Waals surface area contributed by atoms with Crippen LogP contribution in [0.25, 0.3) is 0 Å². The summed E-state index contributed by atoms with van der Waals surface area (Å²) in [5.41, 5.74) is 6.13. The fourth-order valence-corrected chi connectivity index (χ4v) is 2.01. The molecule has 0 aliphatic heterocycles. The van der Waals surface area contributed by atoms with Gasteiger partial charge in [0.25, 0.3) is 0 Å². The smallest absolute Gasteiger partial charge is 0.163 e. The van der Waals surface area contributed by atoms with Crippen molar-refractivity contribution in [2.75, 3.05) is 0 Å². The van der Waals surface area contributed by atoms with Gasteiger partial charge in [0.2, 0.25) is 0 Å². The summed E-state index contributed by atoms with van der Waals surface area (Å²) in [6.07, 6.45) is -0.979. The van der Waals surface area contributed by atoms with Gasteiger partial charge in [0.15, 0.2) is 11.6 Å². The third-order valence-corrected chi connectivity index (χ3v) is 3.08. The average Bonchev–Trinajstić information content (AvgIpc) is 2.43. The quantitative estimate of drug-likeness (QED) is 0.846. The Morgan fingerprint density at radius 2 is 1.70 bits per heavy atom. The zero-order valence-corrected chi connectivity index (χ0v) is 10.6. The molecule has 0 aliphatic carbocycles. The molecule has 0 bridgehead atoms. The molecule has 2 aromatic rings. The van der Waals surface area contributed by atoms with Gasteiger partial charge in [-0.3, -0.25) is 0 Å². The maximum absolute atomic E-state index is 13.6. The number of hydrogen-bond acceptors (Lipinski definition) is 2. The van der Waals surface area contributed by atoms with Crippen molar-refractivity contribution in [3.8, 4) is 0 Å². The van der Waals surface area contributed by atoms with Crippen molar-refractivity contribution in [1.82, 2.24) is 0 Å². The van der Waals surface area contributed by atoms with Gasteiger partial charge in [0.05, 0.1) is 12.1 Å². The summed E-state index contributed by atoms with van der Waals surface area (Å²) in [5.74, 6) is -3.48. The van der Waals surface area contributed by atoms with Crippen molar-refractivity contribution in [2.24, 2.45) is 5.73 Å². The van der Waals surface area contributed by atoms with Gasteiger partial charge in [0.1, 0.15) is 5.82 Å². The van der Waals surface area contributed by atoms with Gasteiger partial charge in [-0.15, -0.1) is 0 Å². The second-order valence-electron chi connectivity index (χ2n) is 4.57. The lowest BCUT2D eigenvalue weighted by molar-refractivity contribution is 0.143. The van der Waals surface area contributed by atoms with Crippen LogP contribution < -0.4 is 5.73 Å². The zero-order valence-electron chi connectivity index (χ0n) is 10.6. The van der Waals surface area contributed by atoms with Crippen LogP contribution >= 0.6 is 0 Å². The van der Waals surface area contributed by atoms with Crippen molar-refractivity contribution in [3.63, 3.8) is 0 Å². The van der Waals surface area contributed by atoms with E-state index in [0.717, 1.165) is 11.6 Å². The maximum Gasteiger partial charge on any atom is 0.163 e. The zero-order chi connectivity index (χ0) is 14.7. The van der Waals surface area contributed by atoms with Crippen LogP contribution in [0, 0.1) is 17.5 Å². The minimum atomic E-state index is -1.32. The average molecular weight is 281 g/mol. The van der Waals surface area contributed by atoms with E-state index in [4.69, 9.17) is 5.73 Å². The topological polar surface area (TPSA) is 46.2 Å². The predicted octanol–water partition coefficient (Wildman–Crippen LogP) is 2.71. The Kier molecular flexibility index (Phi) is 4.42. The van der Waals surface area contributed by atoms with Gasteiger partial charge in [-0.2, -0.15) is 0 Å². The summed E-state index contributed by atoms with van der Waals surface area (Å²) in [6, 6.07) is 8.98. The molecular weight excluding hydrogens is 267 g/mol. The van der Waals surface area contributed by atoms with Crippen LogP contribution in [0.3, 0.4) is 0 Å². The molecule has 20 heavy (non-hydrogen) atoms. The van der Waals surface area contributed by atoms with Crippen molar-refractivity contribution < 1.29 is 18.3 Å². The molecule has 0 aliphatic rings. The van der Waals surface area contributed by atoms with Crippen molar-refractivity contribution in [2.45, 2.75) is 18.6 Å². The first-order valence-electron chi connectivity index (χ1n) is 6.11. The molecule has 0 saturated heterocycles. The normalized spacial score (nSPS) is 14.1. The molecule has 3 N–H and O–H groups in total. The molecule has 0 radical (unpaired) electrons. The first-order chi connectivity index (χ1) is 9.49. The van der Waals surface area contributed by atoms with E-state index in [1.54, 1.807) is 24.3 Å². The van der Waals surface area contributed by atoms with Crippen molar-refractivity contribution in [3.05, 3.63) is 71.0 Å². The Morgan fingerprint density at radius 3 is 2.35 bits per heavy atom. The highest BCUT2D eigenvalue weighted by atomic mass is 19.2. The summed E-state index contributed by atoms with van der Waals surface area (Å²) in [4.78, 5) is 0. The molecule has 0 heterocycles. The molecule has 0 aromatic heterocycles. The first kappa shape index (κ1) is 14.6. The Bertz CT molecular complexity index is 589. The van der Waals surface area contributed by atoms with Crippen molar-refractivity contribution >= 4 is 0 Å². The highest BCUT2D eigenvalue weighted by molar-refractivity contribution is 5.25. The van der Waals surface area contributed by atoms with Crippen LogP contribution in [0.2, 0.25) is 0 Å². The summed E-state index contributed by atoms with van der Waals surface area (Å²) >= 11 is 0. The van der Waals surface area contributed by atoms with Crippen LogP contribution in [-0.4, -0.2) is 11.2 Å². The van der Waals surface area contributed by atoms with E-state index >= 15 is 0 Å². The van der Waals surface area contributed by atoms with E-state index in [9.17, 15) is 18.3 Å². The lowest BCUT2D eigenvalue weighted by Crippen LogP contribution is -2.29. The molecule has 2 nitrogen and oxygen atoms in total. The van der Waals surface area contributed by atoms with Gasteiger partial charge in [-0.1, -0.05) is 30.3 Å². The molecule has 2 rings (SSSR count). The Labute approximate surface area is 114 Å². The van der Waals surface area contributed by atoms with Crippen LogP contribution in [0.5, 0.6) is 0 Å². The van der Waals surface area contributed by atoms with Crippen LogP contribution in [0.4, 0.5) is 13.2 Å². The van der Waals surface area contributed by atoms with E-state index in [1.807, 2.05) is 6.07 Å². The minimum absolute atomic E-state index is 0.166.